The highest BCUT2D eigenvalue weighted by Gasteiger charge is 2.30. The van der Waals surface area contributed by atoms with Gasteiger partial charge in [0.1, 0.15) is 5.82 Å². The number of rotatable bonds is 4. The number of hydrogen-bond donors (Lipinski definition) is 1. The van der Waals surface area contributed by atoms with Gasteiger partial charge in [-0.15, -0.1) is 0 Å². The van der Waals surface area contributed by atoms with E-state index >= 15 is 0 Å². The molecular weight excluding hydrogens is 224 g/mol. The Balaban J connectivity index is 2.12. The Labute approximate surface area is 99.6 Å². The molecule has 0 atom stereocenters. The van der Waals surface area contributed by atoms with Crippen molar-refractivity contribution in [2.24, 2.45) is 5.73 Å². The molecule has 1 aliphatic heterocycles. The van der Waals surface area contributed by atoms with E-state index in [9.17, 15) is 8.78 Å². The molecule has 1 aromatic heterocycles. The lowest BCUT2D eigenvalue weighted by atomic mass is 10.1. The van der Waals surface area contributed by atoms with E-state index in [1.165, 1.54) is 12.3 Å². The molecule has 1 fully saturated rings. The zero-order valence-electron chi connectivity index (χ0n) is 9.70. The van der Waals surface area contributed by atoms with Gasteiger partial charge in [0.15, 0.2) is 0 Å². The van der Waals surface area contributed by atoms with Crippen molar-refractivity contribution in [2.75, 3.05) is 24.5 Å². The maximum Gasteiger partial charge on any atom is 0.275 e. The van der Waals surface area contributed by atoms with E-state index in [4.69, 9.17) is 5.73 Å². The third-order valence-electron chi connectivity index (χ3n) is 3.06. The minimum absolute atomic E-state index is 0.0269. The Hall–Kier alpha value is -1.23. The fraction of sp³-hybridized carbons (Fsp3) is 0.583. The highest BCUT2D eigenvalue weighted by molar-refractivity contribution is 5.40. The molecule has 1 aromatic rings. The van der Waals surface area contributed by atoms with Crippen LogP contribution in [0.4, 0.5) is 14.6 Å². The molecule has 0 unspecified atom stereocenters. The van der Waals surface area contributed by atoms with Gasteiger partial charge in [0.2, 0.25) is 0 Å². The maximum absolute atomic E-state index is 13.5. The van der Waals surface area contributed by atoms with Gasteiger partial charge in [-0.1, -0.05) is 0 Å². The molecule has 1 saturated heterocycles. The summed E-state index contributed by atoms with van der Waals surface area (Å²) in [5.41, 5.74) is 5.12. The van der Waals surface area contributed by atoms with Crippen LogP contribution in [0.5, 0.6) is 0 Å². The number of halogens is 2. The normalized spacial score (nSPS) is 16.5. The molecular formula is C12H17F2N3. The summed E-state index contributed by atoms with van der Waals surface area (Å²) in [5.74, 6) is -2.08. The summed E-state index contributed by atoms with van der Waals surface area (Å²) in [6.07, 6.45) is 3.22. The highest BCUT2D eigenvalue weighted by Crippen LogP contribution is 2.31. The summed E-state index contributed by atoms with van der Waals surface area (Å²) < 4.78 is 27.1. The summed E-state index contributed by atoms with van der Waals surface area (Å²) in [5, 5.41) is 0. The van der Waals surface area contributed by atoms with Gasteiger partial charge in [-0.2, -0.15) is 0 Å². The number of hydrogen-bond acceptors (Lipinski definition) is 3. The number of anilines is 1. The lowest BCUT2D eigenvalue weighted by molar-refractivity contribution is -0.0110. The Morgan fingerprint density at radius 2 is 2.00 bits per heavy atom. The fourth-order valence-electron chi connectivity index (χ4n) is 2.06. The SMILES string of the molecule is NCCC(F)(F)c1ccc(N2CCCC2)nc1. The van der Waals surface area contributed by atoms with Crippen LogP contribution in [-0.4, -0.2) is 24.6 Å². The lowest BCUT2D eigenvalue weighted by Gasteiger charge is -2.19. The zero-order chi connectivity index (χ0) is 12.3. The second-order valence-corrected chi connectivity index (χ2v) is 4.34. The molecule has 1 aliphatic rings. The van der Waals surface area contributed by atoms with E-state index in [2.05, 4.69) is 9.88 Å². The van der Waals surface area contributed by atoms with Crippen LogP contribution in [0.1, 0.15) is 24.8 Å². The van der Waals surface area contributed by atoms with Crippen molar-refractivity contribution < 1.29 is 8.78 Å². The van der Waals surface area contributed by atoms with Crippen LogP contribution in [0.2, 0.25) is 0 Å². The number of nitrogens with two attached hydrogens (primary N) is 1. The first-order chi connectivity index (χ1) is 8.13. The van der Waals surface area contributed by atoms with Gasteiger partial charge >= 0.3 is 0 Å². The quantitative estimate of drug-likeness (QED) is 0.878. The molecule has 17 heavy (non-hydrogen) atoms. The standard InChI is InChI=1S/C12H17F2N3/c13-12(14,5-6-15)10-3-4-11(16-9-10)17-7-1-2-8-17/h3-4,9H,1-2,5-8,15H2. The van der Waals surface area contributed by atoms with Gasteiger partial charge in [-0.3, -0.25) is 0 Å². The van der Waals surface area contributed by atoms with Gasteiger partial charge in [-0.05, 0) is 31.5 Å². The third kappa shape index (κ3) is 2.72. The number of nitrogens with zero attached hydrogens (tertiary/aromatic N) is 2. The predicted octanol–water partition coefficient (Wildman–Crippen LogP) is 2.12. The zero-order valence-corrected chi connectivity index (χ0v) is 9.70. The van der Waals surface area contributed by atoms with Gasteiger partial charge in [0.25, 0.3) is 5.92 Å². The molecule has 0 aliphatic carbocycles. The predicted molar refractivity (Wildman–Crippen MR) is 63.2 cm³/mol. The van der Waals surface area contributed by atoms with Crippen LogP contribution < -0.4 is 10.6 Å². The van der Waals surface area contributed by atoms with Crippen LogP contribution >= 0.6 is 0 Å². The first-order valence-corrected chi connectivity index (χ1v) is 5.93. The van der Waals surface area contributed by atoms with Crippen LogP contribution in [0, 0.1) is 0 Å². The van der Waals surface area contributed by atoms with Gasteiger partial charge in [-0.25, -0.2) is 13.8 Å². The molecule has 94 valence electrons. The van der Waals surface area contributed by atoms with Crippen LogP contribution in [0.15, 0.2) is 18.3 Å². The Kier molecular flexibility index (Phi) is 3.57. The monoisotopic (exact) mass is 241 g/mol. The second kappa shape index (κ2) is 4.96. The topological polar surface area (TPSA) is 42.1 Å². The molecule has 0 saturated carbocycles. The van der Waals surface area contributed by atoms with Crippen LogP contribution in [0.25, 0.3) is 0 Å². The van der Waals surface area contributed by atoms with E-state index in [1.807, 2.05) is 0 Å². The molecule has 0 radical (unpaired) electrons. The lowest BCUT2D eigenvalue weighted by Crippen LogP contribution is -2.21. The summed E-state index contributed by atoms with van der Waals surface area (Å²) >= 11 is 0. The number of pyridine rings is 1. The second-order valence-electron chi connectivity index (χ2n) is 4.34. The Morgan fingerprint density at radius 3 is 2.53 bits per heavy atom. The molecule has 2 rings (SSSR count). The van der Waals surface area contributed by atoms with E-state index in [-0.39, 0.29) is 18.5 Å². The maximum atomic E-state index is 13.5. The summed E-state index contributed by atoms with van der Waals surface area (Å²) in [4.78, 5) is 6.23. The highest BCUT2D eigenvalue weighted by atomic mass is 19.3. The Bertz CT molecular complexity index is 359. The molecule has 0 bridgehead atoms. The minimum Gasteiger partial charge on any atom is -0.357 e. The minimum atomic E-state index is -2.87. The van der Waals surface area contributed by atoms with Crippen LogP contribution in [0.3, 0.4) is 0 Å². The molecule has 0 amide bonds. The molecule has 2 N–H and O–H groups in total. The Morgan fingerprint density at radius 1 is 1.29 bits per heavy atom. The summed E-state index contributed by atoms with van der Waals surface area (Å²) in [6, 6.07) is 3.13. The molecule has 0 aromatic carbocycles. The summed E-state index contributed by atoms with van der Waals surface area (Å²) in [7, 11) is 0. The van der Waals surface area contributed by atoms with Gasteiger partial charge in [0.05, 0.1) is 0 Å². The van der Waals surface area contributed by atoms with Crippen molar-refractivity contribution in [1.29, 1.82) is 0 Å². The van der Waals surface area contributed by atoms with E-state index in [1.54, 1.807) is 6.07 Å². The van der Waals surface area contributed by atoms with Crippen molar-refractivity contribution in [1.82, 2.24) is 4.98 Å². The molecule has 3 nitrogen and oxygen atoms in total. The molecule has 2 heterocycles. The van der Waals surface area contributed by atoms with Crippen molar-refractivity contribution in [3.05, 3.63) is 23.9 Å². The molecule has 5 heteroatoms. The first-order valence-electron chi connectivity index (χ1n) is 5.93. The average Bonchev–Trinajstić information content (AvgIpc) is 2.82. The van der Waals surface area contributed by atoms with Crippen molar-refractivity contribution in [3.8, 4) is 0 Å². The fourth-order valence-corrected chi connectivity index (χ4v) is 2.06. The first kappa shape index (κ1) is 12.2. The largest absolute Gasteiger partial charge is 0.357 e. The summed E-state index contributed by atoms with van der Waals surface area (Å²) in [6.45, 7) is 1.90. The third-order valence-corrected chi connectivity index (χ3v) is 3.06. The number of alkyl halides is 2. The van der Waals surface area contributed by atoms with Crippen molar-refractivity contribution in [2.45, 2.75) is 25.2 Å². The van der Waals surface area contributed by atoms with Crippen molar-refractivity contribution >= 4 is 5.82 Å². The van der Waals surface area contributed by atoms with E-state index in [0.717, 1.165) is 31.7 Å². The van der Waals surface area contributed by atoms with Gasteiger partial charge in [0, 0.05) is 31.3 Å². The average molecular weight is 241 g/mol. The van der Waals surface area contributed by atoms with E-state index in [0.29, 0.717) is 0 Å². The van der Waals surface area contributed by atoms with Gasteiger partial charge < -0.3 is 10.6 Å². The molecule has 0 spiro atoms. The number of aromatic nitrogens is 1. The smallest absolute Gasteiger partial charge is 0.275 e. The van der Waals surface area contributed by atoms with E-state index < -0.39 is 5.92 Å². The van der Waals surface area contributed by atoms with Crippen molar-refractivity contribution in [3.63, 3.8) is 0 Å². The van der Waals surface area contributed by atoms with Crippen LogP contribution in [-0.2, 0) is 5.92 Å².